The Labute approximate surface area is 386 Å². The number of aromatic nitrogens is 1. The first-order valence-corrected chi connectivity index (χ1v) is 23.2. The number of nitrogens with zero attached hydrogens (tertiary/aromatic N) is 1. The highest BCUT2D eigenvalue weighted by atomic mass is 16.7. The maximum absolute atomic E-state index is 15.3. The fourth-order valence-electron chi connectivity index (χ4n) is 12.2. The first kappa shape index (κ1) is 42.2. The van der Waals surface area contributed by atoms with Crippen LogP contribution in [0.4, 0.5) is 0 Å². The van der Waals surface area contributed by atoms with Gasteiger partial charge in [0, 0.05) is 58.7 Å². The van der Waals surface area contributed by atoms with Gasteiger partial charge in [0.25, 0.3) is 5.91 Å². The van der Waals surface area contributed by atoms with E-state index in [-0.39, 0.29) is 66.3 Å². The van der Waals surface area contributed by atoms with E-state index in [9.17, 15) is 25.2 Å². The maximum Gasteiger partial charge on any atom is 0.254 e. The fraction of sp³-hybridized carbons (Fsp3) is 0.396. The zero-order chi connectivity index (χ0) is 45.9. The van der Waals surface area contributed by atoms with E-state index in [0.29, 0.717) is 41.6 Å². The molecule has 8 atom stereocenters. The summed E-state index contributed by atoms with van der Waals surface area (Å²) in [5.41, 5.74) is 6.23. The number of aromatic hydroxyl groups is 1. The van der Waals surface area contributed by atoms with Gasteiger partial charge in [0.2, 0.25) is 6.29 Å². The number of hydrogen-bond acceptors (Lipinski definition) is 12. The van der Waals surface area contributed by atoms with Crippen molar-refractivity contribution in [2.24, 2.45) is 5.92 Å². The number of aliphatic hydroxyl groups is 3. The predicted molar refractivity (Wildman–Crippen MR) is 247 cm³/mol. The number of Topliss-reactive ketones (excluding diaryl/α,β-unsaturated/α-hetero) is 1. The van der Waals surface area contributed by atoms with Gasteiger partial charge in [-0.05, 0) is 102 Å². The maximum atomic E-state index is 15.3. The number of hydrogen-bond donors (Lipinski definition) is 6. The van der Waals surface area contributed by atoms with E-state index in [0.717, 1.165) is 74.7 Å². The number of aliphatic hydroxyl groups excluding tert-OH is 2. The van der Waals surface area contributed by atoms with Crippen LogP contribution < -0.4 is 14.8 Å². The number of amides is 1. The number of phenols is 1. The van der Waals surface area contributed by atoms with Gasteiger partial charge in [0.05, 0.1) is 43.4 Å². The van der Waals surface area contributed by atoms with Gasteiger partial charge in [0.15, 0.2) is 17.5 Å². The third-order valence-corrected chi connectivity index (χ3v) is 15.3. The Hall–Kier alpha value is -6.18. The smallest absolute Gasteiger partial charge is 0.254 e. The molecule has 7 aliphatic rings. The average molecular weight is 906 g/mol. The molecule has 4 aromatic carbocycles. The van der Waals surface area contributed by atoms with Crippen molar-refractivity contribution in [1.82, 2.24) is 15.2 Å². The van der Waals surface area contributed by atoms with E-state index in [1.165, 1.54) is 4.90 Å². The van der Waals surface area contributed by atoms with Crippen LogP contribution in [0, 0.1) is 17.9 Å². The quantitative estimate of drug-likeness (QED) is 0.118. The lowest BCUT2D eigenvalue weighted by molar-refractivity contribution is -0.328. The van der Waals surface area contributed by atoms with E-state index in [4.69, 9.17) is 23.7 Å². The summed E-state index contributed by atoms with van der Waals surface area (Å²) in [6.45, 7) is -0.698. The molecule has 1 aromatic heterocycles. The number of nitrogens with one attached hydrogen (secondary N) is 2. The zero-order valence-corrected chi connectivity index (χ0v) is 37.2. The van der Waals surface area contributed by atoms with Crippen molar-refractivity contribution in [2.75, 3.05) is 33.9 Å². The number of H-pyrrole nitrogens is 1. The monoisotopic (exact) mass is 905 g/mol. The van der Waals surface area contributed by atoms with Crippen LogP contribution in [0.15, 0.2) is 54.7 Å². The molecule has 1 saturated heterocycles. The highest BCUT2D eigenvalue weighted by molar-refractivity contribution is 6.17. The molecule has 6 N–H and O–H groups in total. The summed E-state index contributed by atoms with van der Waals surface area (Å²) in [5, 5.41) is 54.1. The number of methoxy groups -OCH3 is 1. The fourth-order valence-corrected chi connectivity index (χ4v) is 12.2. The minimum absolute atomic E-state index is 0.0131. The highest BCUT2D eigenvalue weighted by Gasteiger charge is 2.59. The number of allylic oxidation sites excluding steroid dienone is 2. The van der Waals surface area contributed by atoms with Crippen LogP contribution in [0.1, 0.15) is 103 Å². The van der Waals surface area contributed by atoms with Crippen molar-refractivity contribution < 1.29 is 53.7 Å². The summed E-state index contributed by atoms with van der Waals surface area (Å²) in [4.78, 5) is 34.3. The van der Waals surface area contributed by atoms with Gasteiger partial charge in [-0.25, -0.2) is 0 Å². The minimum Gasteiger partial charge on any atom is -0.506 e. The molecule has 3 aliphatic carbocycles. The molecule has 4 aliphatic heterocycles. The molecule has 67 heavy (non-hydrogen) atoms. The van der Waals surface area contributed by atoms with Crippen molar-refractivity contribution in [3.63, 3.8) is 0 Å². The summed E-state index contributed by atoms with van der Waals surface area (Å²) < 4.78 is 32.7. The highest BCUT2D eigenvalue weighted by Crippen LogP contribution is 2.60. The number of ketones is 1. The van der Waals surface area contributed by atoms with Crippen LogP contribution in [0.5, 0.6) is 17.2 Å². The number of carbonyl (C=O) groups is 2. The van der Waals surface area contributed by atoms with E-state index in [1.807, 2.05) is 37.5 Å². The second-order valence-corrected chi connectivity index (χ2v) is 19.0. The summed E-state index contributed by atoms with van der Waals surface area (Å²) in [6.07, 6.45) is 7.68. The Balaban J connectivity index is 1.15. The first-order valence-electron chi connectivity index (χ1n) is 23.2. The van der Waals surface area contributed by atoms with Crippen molar-refractivity contribution in [2.45, 2.75) is 93.8 Å². The van der Waals surface area contributed by atoms with Crippen LogP contribution >= 0.6 is 0 Å². The molecule has 14 nitrogen and oxygen atoms in total. The van der Waals surface area contributed by atoms with Gasteiger partial charge in [-0.3, -0.25) is 9.59 Å². The number of phenolic OH excluding ortho intramolecular Hbond substituents is 1. The Morgan fingerprint density at radius 3 is 2.79 bits per heavy atom. The van der Waals surface area contributed by atoms with Crippen LogP contribution in [0.25, 0.3) is 33.3 Å². The van der Waals surface area contributed by atoms with Crippen LogP contribution in [-0.2, 0) is 40.1 Å². The number of benzene rings is 4. The number of rotatable bonds is 5. The van der Waals surface area contributed by atoms with Crippen LogP contribution in [-0.4, -0.2) is 106 Å². The number of aromatic amines is 1. The SMILES string of the molecule is CNCc1ccc2[nH]cc([C@H]3/C=C/c4c(OC)c5c6c7c(c8c(O)c6c4O[C@H]4O[C@H](CO3)[C@@H](O)[C@H](OC#CCc3cccc6c3CN(CC8=O)C6=O)[C@]4(O)CO)[C@H]3CCC[C@H]3C=C7CC5)c2c1. The number of aryl methyl sites for hydroxylation is 1. The number of carbonyl (C=O) groups excluding carboxylic acids is 2. The van der Waals surface area contributed by atoms with E-state index >= 15 is 4.79 Å². The summed E-state index contributed by atoms with van der Waals surface area (Å²) in [7, 11) is 3.46. The van der Waals surface area contributed by atoms with Gasteiger partial charge in [-0.15, -0.1) is 0 Å². The van der Waals surface area contributed by atoms with E-state index in [2.05, 4.69) is 34.5 Å². The van der Waals surface area contributed by atoms with Crippen LogP contribution in [0.3, 0.4) is 0 Å². The normalized spacial score (nSPS) is 28.6. The molecule has 0 radical (unpaired) electrons. The standard InChI is InChI=1S/C53H51N3O11/c1-54-20-26-11-15-37-34(18-26)35(21-55-37)39-16-14-33-48(63-2)32-13-12-29-19-28-7-4-9-30(28)42-41(29)43(32)45-47(60)44(42)38(58)23-56-22-36-27(6-3-10-31(36)51(56)61)8-5-17-64-50-46(59)40(24-65-39)66-52(67-49(33)45)53(50,62)25-57/h3,6,10-11,14-16,18-19,21,28,30,39-40,46,50,52,54-55,57,59-60,62H,4,7-9,12-13,20,22-25H2,1-2H3/b16-14+/t28-,30-,39+,40+,46+,50-,52+,53+/m0/s1. The molecular formula is C53H51N3O11. The number of ether oxygens (including phenoxy) is 5. The molecule has 0 unspecified atom stereocenters. The molecule has 5 aromatic rings. The van der Waals surface area contributed by atoms with Gasteiger partial charge in [0.1, 0.15) is 41.7 Å². The lowest BCUT2D eigenvalue weighted by atomic mass is 9.69. The molecule has 2 fully saturated rings. The molecule has 8 bridgehead atoms. The van der Waals surface area contributed by atoms with Gasteiger partial charge in [-0.1, -0.05) is 42.7 Å². The summed E-state index contributed by atoms with van der Waals surface area (Å²) in [6, 6.07) is 11.5. The Morgan fingerprint density at radius 2 is 1.96 bits per heavy atom. The molecule has 344 valence electrons. The van der Waals surface area contributed by atoms with Crippen molar-refractivity contribution in [3.8, 4) is 29.3 Å². The van der Waals surface area contributed by atoms with Crippen LogP contribution in [0.2, 0.25) is 0 Å². The minimum atomic E-state index is -2.45. The van der Waals surface area contributed by atoms with E-state index in [1.54, 1.807) is 25.3 Å². The van der Waals surface area contributed by atoms with Crippen molar-refractivity contribution >= 4 is 45.0 Å². The predicted octanol–water partition coefficient (Wildman–Crippen LogP) is 5.70. The average Bonchev–Trinajstić information content (AvgIpc) is 4.06. The Bertz CT molecular complexity index is 3070. The van der Waals surface area contributed by atoms with Gasteiger partial charge >= 0.3 is 0 Å². The van der Waals surface area contributed by atoms with Crippen molar-refractivity contribution in [1.29, 1.82) is 0 Å². The molecule has 12 rings (SSSR count). The molecule has 0 spiro atoms. The molecule has 14 heteroatoms. The molecule has 1 saturated carbocycles. The van der Waals surface area contributed by atoms with Crippen molar-refractivity contribution in [3.05, 3.63) is 110 Å². The number of fused-ring (bicyclic) bond motifs is 8. The first-order chi connectivity index (χ1) is 32.6. The molecular weight excluding hydrogens is 855 g/mol. The molecule has 5 heterocycles. The summed E-state index contributed by atoms with van der Waals surface area (Å²) >= 11 is 0. The second-order valence-electron chi connectivity index (χ2n) is 19.0. The lowest BCUT2D eigenvalue weighted by Crippen LogP contribution is -2.70. The Morgan fingerprint density at radius 1 is 1.07 bits per heavy atom. The largest absolute Gasteiger partial charge is 0.506 e. The Kier molecular flexibility index (Phi) is 10.1. The third kappa shape index (κ3) is 6.32. The van der Waals surface area contributed by atoms with E-state index < -0.39 is 48.7 Å². The lowest BCUT2D eigenvalue weighted by Gasteiger charge is -2.47. The topological polar surface area (TPSA) is 192 Å². The second kappa shape index (κ2) is 16.0. The summed E-state index contributed by atoms with van der Waals surface area (Å²) in [5.74, 6) is 2.56. The van der Waals surface area contributed by atoms with Gasteiger partial charge in [-0.2, -0.15) is 0 Å². The molecule has 1 amide bonds. The third-order valence-electron chi connectivity index (χ3n) is 15.3. The van der Waals surface area contributed by atoms with Gasteiger partial charge < -0.3 is 59.3 Å². The zero-order valence-electron chi connectivity index (χ0n) is 37.2.